The number of aromatic hydroxyl groups is 1. The van der Waals surface area contributed by atoms with E-state index in [1.54, 1.807) is 19.2 Å². The summed E-state index contributed by atoms with van der Waals surface area (Å²) in [6, 6.07) is 5.30. The molecule has 15 heavy (non-hydrogen) atoms. The molecule has 1 aliphatic rings. The molecular formula is C12H17NO2. The Kier molecular flexibility index (Phi) is 2.57. The number of methoxy groups -OCH3 is 1. The van der Waals surface area contributed by atoms with Gasteiger partial charge in [-0.25, -0.2) is 0 Å². The van der Waals surface area contributed by atoms with E-state index in [0.717, 1.165) is 11.3 Å². The van der Waals surface area contributed by atoms with E-state index in [1.165, 1.54) is 12.8 Å². The first kappa shape index (κ1) is 10.3. The molecule has 0 saturated heterocycles. The molecule has 0 aromatic heterocycles. The van der Waals surface area contributed by atoms with Gasteiger partial charge in [0.2, 0.25) is 0 Å². The van der Waals surface area contributed by atoms with Gasteiger partial charge in [0.05, 0.1) is 7.11 Å². The number of ether oxygens (including phenoxy) is 1. The van der Waals surface area contributed by atoms with Gasteiger partial charge in [-0.2, -0.15) is 0 Å². The third-order valence-electron chi connectivity index (χ3n) is 2.99. The summed E-state index contributed by atoms with van der Waals surface area (Å²) in [6.45, 7) is 2.89. The minimum absolute atomic E-state index is 0.287. The van der Waals surface area contributed by atoms with Crippen molar-refractivity contribution in [1.29, 1.82) is 0 Å². The minimum Gasteiger partial charge on any atom is -0.508 e. The second kappa shape index (κ2) is 3.74. The van der Waals surface area contributed by atoms with Crippen LogP contribution in [-0.2, 0) is 6.54 Å². The van der Waals surface area contributed by atoms with Crippen molar-refractivity contribution in [3.05, 3.63) is 23.8 Å². The Morgan fingerprint density at radius 2 is 2.20 bits per heavy atom. The second-order valence-corrected chi connectivity index (χ2v) is 4.41. The van der Waals surface area contributed by atoms with Gasteiger partial charge in [0, 0.05) is 17.6 Å². The third kappa shape index (κ3) is 2.42. The number of nitrogens with one attached hydrogen (secondary N) is 1. The fraction of sp³-hybridized carbons (Fsp3) is 0.500. The molecule has 1 aliphatic carbocycles. The Morgan fingerprint density at radius 3 is 2.80 bits per heavy atom. The average Bonchev–Trinajstić information content (AvgIpc) is 2.96. The molecule has 0 heterocycles. The van der Waals surface area contributed by atoms with Crippen molar-refractivity contribution in [2.45, 2.75) is 31.8 Å². The number of benzene rings is 1. The van der Waals surface area contributed by atoms with Gasteiger partial charge >= 0.3 is 0 Å². The van der Waals surface area contributed by atoms with Crippen LogP contribution < -0.4 is 10.1 Å². The monoisotopic (exact) mass is 207 g/mol. The molecule has 0 radical (unpaired) electrons. The molecule has 1 aromatic carbocycles. The van der Waals surface area contributed by atoms with Gasteiger partial charge in [-0.1, -0.05) is 0 Å². The highest BCUT2D eigenvalue weighted by Gasteiger charge is 2.36. The van der Waals surface area contributed by atoms with Crippen LogP contribution >= 0.6 is 0 Å². The molecule has 0 atom stereocenters. The number of hydrogen-bond acceptors (Lipinski definition) is 3. The number of hydrogen-bond donors (Lipinski definition) is 2. The largest absolute Gasteiger partial charge is 0.508 e. The molecule has 0 aliphatic heterocycles. The van der Waals surface area contributed by atoms with E-state index in [4.69, 9.17) is 4.74 Å². The highest BCUT2D eigenvalue weighted by Crippen LogP contribution is 2.35. The van der Waals surface area contributed by atoms with Gasteiger partial charge in [0.1, 0.15) is 11.5 Å². The molecule has 3 nitrogen and oxygen atoms in total. The molecule has 0 bridgehead atoms. The van der Waals surface area contributed by atoms with E-state index < -0.39 is 0 Å². The summed E-state index contributed by atoms with van der Waals surface area (Å²) in [5.41, 5.74) is 1.18. The smallest absolute Gasteiger partial charge is 0.120 e. The molecule has 0 spiro atoms. The third-order valence-corrected chi connectivity index (χ3v) is 2.99. The predicted molar refractivity (Wildman–Crippen MR) is 59.1 cm³/mol. The number of phenols is 1. The van der Waals surface area contributed by atoms with Crippen molar-refractivity contribution in [3.8, 4) is 11.5 Å². The SMILES string of the molecule is COc1ccc(O)c(CNC2(C)CC2)c1. The lowest BCUT2D eigenvalue weighted by atomic mass is 10.1. The average molecular weight is 207 g/mol. The van der Waals surface area contributed by atoms with Crippen LogP contribution in [0, 0.1) is 0 Å². The maximum absolute atomic E-state index is 9.65. The van der Waals surface area contributed by atoms with Crippen molar-refractivity contribution in [2.75, 3.05) is 7.11 Å². The van der Waals surface area contributed by atoms with E-state index in [1.807, 2.05) is 6.07 Å². The van der Waals surface area contributed by atoms with Gasteiger partial charge < -0.3 is 15.2 Å². The van der Waals surface area contributed by atoms with E-state index in [9.17, 15) is 5.11 Å². The quantitative estimate of drug-likeness (QED) is 0.794. The lowest BCUT2D eigenvalue weighted by Gasteiger charge is -2.13. The highest BCUT2D eigenvalue weighted by molar-refractivity contribution is 5.39. The van der Waals surface area contributed by atoms with Crippen molar-refractivity contribution in [1.82, 2.24) is 5.32 Å². The lowest BCUT2D eigenvalue weighted by Crippen LogP contribution is -2.26. The Labute approximate surface area is 90.1 Å². The summed E-state index contributed by atoms with van der Waals surface area (Å²) in [5.74, 6) is 1.11. The molecular weight excluding hydrogens is 190 g/mol. The fourth-order valence-electron chi connectivity index (χ4n) is 1.50. The zero-order chi connectivity index (χ0) is 10.9. The first-order chi connectivity index (χ1) is 7.13. The zero-order valence-corrected chi connectivity index (χ0v) is 9.21. The van der Waals surface area contributed by atoms with Crippen LogP contribution in [0.3, 0.4) is 0 Å². The fourth-order valence-corrected chi connectivity index (χ4v) is 1.50. The van der Waals surface area contributed by atoms with Crippen molar-refractivity contribution < 1.29 is 9.84 Å². The van der Waals surface area contributed by atoms with E-state index in [2.05, 4.69) is 12.2 Å². The normalized spacial score (nSPS) is 17.5. The maximum atomic E-state index is 9.65. The van der Waals surface area contributed by atoms with Gasteiger partial charge in [0.25, 0.3) is 0 Å². The Hall–Kier alpha value is -1.22. The van der Waals surface area contributed by atoms with Crippen LogP contribution in [0.4, 0.5) is 0 Å². The van der Waals surface area contributed by atoms with E-state index in [0.29, 0.717) is 12.3 Å². The van der Waals surface area contributed by atoms with Crippen LogP contribution in [0.1, 0.15) is 25.3 Å². The zero-order valence-electron chi connectivity index (χ0n) is 9.21. The Bertz CT molecular complexity index is 359. The molecule has 2 N–H and O–H groups in total. The van der Waals surface area contributed by atoms with Crippen LogP contribution in [0.2, 0.25) is 0 Å². The van der Waals surface area contributed by atoms with Crippen molar-refractivity contribution >= 4 is 0 Å². The van der Waals surface area contributed by atoms with E-state index in [-0.39, 0.29) is 5.54 Å². The molecule has 1 saturated carbocycles. The summed E-state index contributed by atoms with van der Waals surface area (Å²) in [7, 11) is 1.63. The summed E-state index contributed by atoms with van der Waals surface area (Å²) >= 11 is 0. The first-order valence-electron chi connectivity index (χ1n) is 5.24. The summed E-state index contributed by atoms with van der Waals surface area (Å²) < 4.78 is 5.12. The van der Waals surface area contributed by atoms with Crippen LogP contribution in [0.5, 0.6) is 11.5 Å². The summed E-state index contributed by atoms with van der Waals surface area (Å²) in [6.07, 6.45) is 2.44. The first-order valence-corrected chi connectivity index (χ1v) is 5.24. The van der Waals surface area contributed by atoms with E-state index >= 15 is 0 Å². The van der Waals surface area contributed by atoms with Crippen LogP contribution in [-0.4, -0.2) is 17.8 Å². The second-order valence-electron chi connectivity index (χ2n) is 4.41. The molecule has 82 valence electrons. The van der Waals surface area contributed by atoms with Gasteiger partial charge in [-0.05, 0) is 38.0 Å². The van der Waals surface area contributed by atoms with Crippen LogP contribution in [0.25, 0.3) is 0 Å². The molecule has 3 heteroatoms. The molecule has 0 amide bonds. The van der Waals surface area contributed by atoms with Crippen LogP contribution in [0.15, 0.2) is 18.2 Å². The number of rotatable bonds is 4. The predicted octanol–water partition coefficient (Wildman–Crippen LogP) is 2.04. The molecule has 1 fully saturated rings. The highest BCUT2D eigenvalue weighted by atomic mass is 16.5. The topological polar surface area (TPSA) is 41.5 Å². The van der Waals surface area contributed by atoms with Gasteiger partial charge in [-0.3, -0.25) is 0 Å². The van der Waals surface area contributed by atoms with Crippen molar-refractivity contribution in [2.24, 2.45) is 0 Å². The maximum Gasteiger partial charge on any atom is 0.120 e. The number of phenolic OH excluding ortho intramolecular Hbond substituents is 1. The standard InChI is InChI=1S/C12H17NO2/c1-12(5-6-12)13-8-9-7-10(15-2)3-4-11(9)14/h3-4,7,13-14H,5-6,8H2,1-2H3. The van der Waals surface area contributed by atoms with Gasteiger partial charge in [-0.15, -0.1) is 0 Å². The summed E-state index contributed by atoms with van der Waals surface area (Å²) in [4.78, 5) is 0. The van der Waals surface area contributed by atoms with Crippen molar-refractivity contribution in [3.63, 3.8) is 0 Å². The summed E-state index contributed by atoms with van der Waals surface area (Å²) in [5, 5.41) is 13.1. The Balaban J connectivity index is 2.05. The molecule has 1 aromatic rings. The molecule has 0 unspecified atom stereocenters. The molecule has 2 rings (SSSR count). The minimum atomic E-state index is 0.287. The lowest BCUT2D eigenvalue weighted by molar-refractivity contribution is 0.409. The Morgan fingerprint density at radius 1 is 1.47 bits per heavy atom. The van der Waals surface area contributed by atoms with Gasteiger partial charge in [0.15, 0.2) is 0 Å².